The minimum absolute atomic E-state index is 0.274. The van der Waals surface area contributed by atoms with Gasteiger partial charge in [0.15, 0.2) is 5.82 Å². The summed E-state index contributed by atoms with van der Waals surface area (Å²) in [5.41, 5.74) is 6.06. The molecule has 4 bridgehead atoms. The zero-order valence-corrected chi connectivity index (χ0v) is 12.0. The predicted octanol–water partition coefficient (Wildman–Crippen LogP) is 2.09. The Bertz CT molecular complexity index is 507. The summed E-state index contributed by atoms with van der Waals surface area (Å²) in [4.78, 5) is 4.93. The molecule has 4 aliphatic carbocycles. The topological polar surface area (TPSA) is 56.7 Å². The van der Waals surface area contributed by atoms with Gasteiger partial charge in [-0.05, 0) is 62.2 Å². The molecule has 1 aliphatic heterocycles. The highest BCUT2D eigenvalue weighted by atomic mass is 15.4. The predicted molar refractivity (Wildman–Crippen MR) is 76.1 cm³/mol. The Hall–Kier alpha value is -0.900. The van der Waals surface area contributed by atoms with Gasteiger partial charge in [0, 0.05) is 18.4 Å². The van der Waals surface area contributed by atoms with E-state index in [4.69, 9.17) is 15.8 Å². The van der Waals surface area contributed by atoms with Crippen LogP contribution >= 0.6 is 0 Å². The van der Waals surface area contributed by atoms with Crippen molar-refractivity contribution in [1.29, 1.82) is 0 Å². The molecule has 4 nitrogen and oxygen atoms in total. The van der Waals surface area contributed by atoms with Crippen molar-refractivity contribution < 1.29 is 0 Å². The third kappa shape index (κ3) is 1.63. The summed E-state index contributed by atoms with van der Waals surface area (Å²) >= 11 is 0. The van der Waals surface area contributed by atoms with Gasteiger partial charge in [0.05, 0.1) is 6.54 Å². The van der Waals surface area contributed by atoms with Crippen molar-refractivity contribution in [2.24, 2.45) is 29.4 Å². The molecular formula is C16H24N4. The zero-order chi connectivity index (χ0) is 13.3. The summed E-state index contributed by atoms with van der Waals surface area (Å²) in [6, 6.07) is 0.274. The second-order valence-electron chi connectivity index (χ2n) is 7.82. The molecule has 20 heavy (non-hydrogen) atoms. The molecule has 2 heterocycles. The number of nitrogens with zero attached hydrogens (tertiary/aromatic N) is 3. The molecule has 0 saturated heterocycles. The summed E-state index contributed by atoms with van der Waals surface area (Å²) in [7, 11) is 0. The van der Waals surface area contributed by atoms with Gasteiger partial charge in [-0.15, -0.1) is 0 Å². The van der Waals surface area contributed by atoms with Crippen molar-refractivity contribution in [3.63, 3.8) is 0 Å². The molecule has 4 saturated carbocycles. The number of aryl methyl sites for hydroxylation is 1. The van der Waals surface area contributed by atoms with Crippen LogP contribution in [0.5, 0.6) is 0 Å². The van der Waals surface area contributed by atoms with Crippen molar-refractivity contribution >= 4 is 0 Å². The first kappa shape index (κ1) is 11.7. The summed E-state index contributed by atoms with van der Waals surface area (Å²) in [5.74, 6) is 6.84. The highest BCUT2D eigenvalue weighted by Gasteiger charge is 2.50. The van der Waals surface area contributed by atoms with Crippen molar-refractivity contribution in [1.82, 2.24) is 14.8 Å². The Labute approximate surface area is 120 Å². The van der Waals surface area contributed by atoms with Crippen LogP contribution in [-0.2, 0) is 13.0 Å². The van der Waals surface area contributed by atoms with Gasteiger partial charge in [-0.1, -0.05) is 0 Å². The molecule has 1 unspecified atom stereocenters. The van der Waals surface area contributed by atoms with Crippen LogP contribution in [0.3, 0.4) is 0 Å². The van der Waals surface area contributed by atoms with Crippen molar-refractivity contribution in [2.45, 2.75) is 63.5 Å². The molecule has 1 aromatic rings. The van der Waals surface area contributed by atoms with Crippen LogP contribution < -0.4 is 5.73 Å². The standard InChI is InChI=1S/C16H24N4/c17-13-1-2-14-18-16(19-20(14)8-13)15-11-4-9-3-10(6-11)7-12(15)5-9/h9-13,15H,1-8,17H2. The van der Waals surface area contributed by atoms with Gasteiger partial charge < -0.3 is 5.73 Å². The number of rotatable bonds is 1. The first-order valence-electron chi connectivity index (χ1n) is 8.45. The van der Waals surface area contributed by atoms with Crippen LogP contribution in [0.4, 0.5) is 0 Å². The van der Waals surface area contributed by atoms with E-state index >= 15 is 0 Å². The smallest absolute Gasteiger partial charge is 0.154 e. The van der Waals surface area contributed by atoms with E-state index in [9.17, 15) is 0 Å². The van der Waals surface area contributed by atoms with Crippen LogP contribution in [0.25, 0.3) is 0 Å². The fourth-order valence-electron chi connectivity index (χ4n) is 5.84. The van der Waals surface area contributed by atoms with Gasteiger partial charge in [0.25, 0.3) is 0 Å². The minimum atomic E-state index is 0.274. The monoisotopic (exact) mass is 272 g/mol. The van der Waals surface area contributed by atoms with Crippen LogP contribution in [0.1, 0.15) is 56.1 Å². The highest BCUT2D eigenvalue weighted by molar-refractivity contribution is 5.12. The molecule has 2 N–H and O–H groups in total. The average molecular weight is 272 g/mol. The van der Waals surface area contributed by atoms with Gasteiger partial charge >= 0.3 is 0 Å². The highest BCUT2D eigenvalue weighted by Crippen LogP contribution is 2.59. The fraction of sp³-hybridized carbons (Fsp3) is 0.875. The van der Waals surface area contributed by atoms with Crippen molar-refractivity contribution in [2.75, 3.05) is 0 Å². The van der Waals surface area contributed by atoms with Crippen molar-refractivity contribution in [3.8, 4) is 0 Å². The SMILES string of the molecule is NC1CCc2nc(C3C4CC5CC(C4)CC3C5)nn2C1. The maximum absolute atomic E-state index is 6.06. The first-order valence-corrected chi connectivity index (χ1v) is 8.45. The van der Waals surface area contributed by atoms with Crippen LogP contribution in [-0.4, -0.2) is 20.8 Å². The third-order valence-corrected chi connectivity index (χ3v) is 6.44. The molecule has 108 valence electrons. The van der Waals surface area contributed by atoms with Gasteiger partial charge in [-0.3, -0.25) is 0 Å². The molecular weight excluding hydrogens is 248 g/mol. The minimum Gasteiger partial charge on any atom is -0.326 e. The largest absolute Gasteiger partial charge is 0.326 e. The number of fused-ring (bicyclic) bond motifs is 1. The number of aromatic nitrogens is 3. The molecule has 0 amide bonds. The number of hydrogen-bond acceptors (Lipinski definition) is 3. The van der Waals surface area contributed by atoms with E-state index in [2.05, 4.69) is 4.68 Å². The van der Waals surface area contributed by atoms with Crippen LogP contribution in [0.15, 0.2) is 0 Å². The second kappa shape index (κ2) is 4.06. The summed E-state index contributed by atoms with van der Waals surface area (Å²) in [6.45, 7) is 0.871. The molecule has 1 atom stereocenters. The van der Waals surface area contributed by atoms with Gasteiger partial charge in [0.1, 0.15) is 5.82 Å². The molecule has 0 aromatic carbocycles. The average Bonchev–Trinajstić information content (AvgIpc) is 2.79. The first-order chi connectivity index (χ1) is 9.76. The normalized spacial score (nSPS) is 45.6. The van der Waals surface area contributed by atoms with Gasteiger partial charge in [0.2, 0.25) is 0 Å². The summed E-state index contributed by atoms with van der Waals surface area (Å²) < 4.78 is 2.11. The zero-order valence-electron chi connectivity index (χ0n) is 12.0. The third-order valence-electron chi connectivity index (χ3n) is 6.44. The van der Waals surface area contributed by atoms with E-state index in [0.29, 0.717) is 5.92 Å². The summed E-state index contributed by atoms with van der Waals surface area (Å²) in [6.07, 6.45) is 9.38. The number of hydrogen-bond donors (Lipinski definition) is 1. The molecule has 4 heteroatoms. The fourth-order valence-corrected chi connectivity index (χ4v) is 5.84. The second-order valence-corrected chi connectivity index (χ2v) is 7.82. The molecule has 5 aliphatic rings. The van der Waals surface area contributed by atoms with E-state index in [1.54, 1.807) is 0 Å². The lowest BCUT2D eigenvalue weighted by atomic mass is 9.52. The Morgan fingerprint density at radius 2 is 1.70 bits per heavy atom. The van der Waals surface area contributed by atoms with Crippen LogP contribution in [0, 0.1) is 23.7 Å². The Morgan fingerprint density at radius 3 is 2.40 bits per heavy atom. The van der Waals surface area contributed by atoms with Gasteiger partial charge in [-0.25, -0.2) is 9.67 Å². The Balaban J connectivity index is 1.48. The molecule has 1 aromatic heterocycles. The lowest BCUT2D eigenvalue weighted by Crippen LogP contribution is -2.44. The lowest BCUT2D eigenvalue weighted by molar-refractivity contribution is -0.00569. The van der Waals surface area contributed by atoms with Gasteiger partial charge in [-0.2, -0.15) is 5.10 Å². The number of nitrogens with two attached hydrogens (primary N) is 1. The van der Waals surface area contributed by atoms with Crippen LogP contribution in [0.2, 0.25) is 0 Å². The Kier molecular flexibility index (Phi) is 2.38. The maximum atomic E-state index is 6.06. The van der Waals surface area contributed by atoms with E-state index in [0.717, 1.165) is 43.1 Å². The van der Waals surface area contributed by atoms with E-state index < -0.39 is 0 Å². The molecule has 0 spiro atoms. The van der Waals surface area contributed by atoms with Crippen molar-refractivity contribution in [3.05, 3.63) is 11.6 Å². The van der Waals surface area contributed by atoms with E-state index in [-0.39, 0.29) is 6.04 Å². The molecule has 4 fully saturated rings. The summed E-state index contributed by atoms with van der Waals surface area (Å²) in [5, 5.41) is 4.87. The quantitative estimate of drug-likeness (QED) is 0.851. The molecule has 0 radical (unpaired) electrons. The van der Waals surface area contributed by atoms with E-state index in [1.807, 2.05) is 0 Å². The maximum Gasteiger partial charge on any atom is 0.154 e. The molecule has 6 rings (SSSR count). The Morgan fingerprint density at radius 1 is 1.00 bits per heavy atom. The van der Waals surface area contributed by atoms with E-state index in [1.165, 1.54) is 43.8 Å². The lowest BCUT2D eigenvalue weighted by Gasteiger charge is -2.53.